The van der Waals surface area contributed by atoms with Crippen LogP contribution in [0.4, 0.5) is 11.4 Å². The fourth-order valence-electron chi connectivity index (χ4n) is 2.93. The van der Waals surface area contributed by atoms with E-state index in [0.717, 1.165) is 26.3 Å². The van der Waals surface area contributed by atoms with Crippen molar-refractivity contribution in [1.29, 1.82) is 0 Å². The smallest absolute Gasteiger partial charge is 0.271 e. The first kappa shape index (κ1) is 16.6. The lowest BCUT2D eigenvalue weighted by Crippen LogP contribution is -2.42. The van der Waals surface area contributed by atoms with Gasteiger partial charge in [-0.25, -0.2) is 4.99 Å². The van der Waals surface area contributed by atoms with Crippen molar-refractivity contribution >= 4 is 28.8 Å². The highest BCUT2D eigenvalue weighted by molar-refractivity contribution is 7.07. The second kappa shape index (κ2) is 6.80. The van der Waals surface area contributed by atoms with Crippen LogP contribution in [0.2, 0.25) is 0 Å². The van der Waals surface area contributed by atoms with Crippen molar-refractivity contribution in [3.63, 3.8) is 0 Å². The summed E-state index contributed by atoms with van der Waals surface area (Å²) in [7, 11) is 4.02. The molecule has 4 rings (SSSR count). The van der Waals surface area contributed by atoms with Crippen LogP contribution in [-0.4, -0.2) is 25.3 Å². The quantitative estimate of drug-likeness (QED) is 0.712. The molecule has 0 bridgehead atoms. The maximum Gasteiger partial charge on any atom is 0.271 e. The molecule has 0 radical (unpaired) electrons. The highest BCUT2D eigenvalue weighted by Gasteiger charge is 2.15. The molecular formula is C20H20N4OS. The number of nitrogens with zero attached hydrogens (tertiary/aromatic N) is 4. The summed E-state index contributed by atoms with van der Waals surface area (Å²) in [5.74, 6) is 0. The number of anilines is 2. The minimum absolute atomic E-state index is 0.0195. The summed E-state index contributed by atoms with van der Waals surface area (Å²) in [6.07, 6.45) is 1.94. The largest absolute Gasteiger partial charge is 0.378 e. The molecule has 0 saturated heterocycles. The van der Waals surface area contributed by atoms with Crippen LogP contribution < -0.4 is 24.7 Å². The van der Waals surface area contributed by atoms with E-state index in [2.05, 4.69) is 26.9 Å². The minimum Gasteiger partial charge on any atom is -0.378 e. The standard InChI is InChI=1S/C20H20N4OS/c1-22(2)16-10-8-15(9-11-16)12-18-19(25)24-14-23(13-21-20(24)26-18)17-6-4-3-5-7-17/h3-12H,13-14H2,1-2H3/b18-12+. The number of fused-ring (bicyclic) bond motifs is 1. The van der Waals surface area contributed by atoms with Gasteiger partial charge in [-0.3, -0.25) is 9.36 Å². The summed E-state index contributed by atoms with van der Waals surface area (Å²) in [5.41, 5.74) is 3.25. The molecule has 1 aliphatic rings. The summed E-state index contributed by atoms with van der Waals surface area (Å²) in [6.45, 7) is 1.10. The number of hydrogen-bond donors (Lipinski definition) is 0. The van der Waals surface area contributed by atoms with E-state index in [4.69, 9.17) is 0 Å². The summed E-state index contributed by atoms with van der Waals surface area (Å²) < 4.78 is 2.47. The molecule has 0 fully saturated rings. The Morgan fingerprint density at radius 3 is 2.50 bits per heavy atom. The highest BCUT2D eigenvalue weighted by Crippen LogP contribution is 2.15. The summed E-state index contributed by atoms with van der Waals surface area (Å²) in [6, 6.07) is 18.2. The van der Waals surface area contributed by atoms with Gasteiger partial charge in [0.05, 0.1) is 4.53 Å². The van der Waals surface area contributed by atoms with Crippen LogP contribution in [0, 0.1) is 0 Å². The molecule has 0 unspecified atom stereocenters. The van der Waals surface area contributed by atoms with E-state index in [-0.39, 0.29) is 5.56 Å². The third-order valence-electron chi connectivity index (χ3n) is 4.41. The van der Waals surface area contributed by atoms with Gasteiger partial charge in [-0.05, 0) is 35.9 Å². The first-order valence-electron chi connectivity index (χ1n) is 8.45. The van der Waals surface area contributed by atoms with Gasteiger partial charge in [-0.2, -0.15) is 0 Å². The van der Waals surface area contributed by atoms with Gasteiger partial charge in [0.15, 0.2) is 4.80 Å². The van der Waals surface area contributed by atoms with Crippen LogP contribution in [0.1, 0.15) is 5.56 Å². The Kier molecular flexibility index (Phi) is 4.34. The Bertz CT molecular complexity index is 1080. The molecule has 0 amide bonds. The topological polar surface area (TPSA) is 40.8 Å². The molecule has 0 atom stereocenters. The zero-order valence-electron chi connectivity index (χ0n) is 14.8. The van der Waals surface area contributed by atoms with Crippen molar-refractivity contribution in [1.82, 2.24) is 4.57 Å². The summed E-state index contributed by atoms with van der Waals surface area (Å²) in [5, 5.41) is 0. The third-order valence-corrected chi connectivity index (χ3v) is 5.45. The van der Waals surface area contributed by atoms with Crippen LogP contribution in [0.3, 0.4) is 0 Å². The Labute approximate surface area is 155 Å². The maximum absolute atomic E-state index is 12.8. The van der Waals surface area contributed by atoms with Crippen molar-refractivity contribution < 1.29 is 0 Å². The lowest BCUT2D eigenvalue weighted by Gasteiger charge is -2.25. The van der Waals surface area contributed by atoms with Crippen molar-refractivity contribution in [3.8, 4) is 0 Å². The van der Waals surface area contributed by atoms with Crippen molar-refractivity contribution in [3.05, 3.63) is 79.8 Å². The Balaban J connectivity index is 1.68. The average molecular weight is 364 g/mol. The number of para-hydroxylation sites is 1. The van der Waals surface area contributed by atoms with Gasteiger partial charge in [0.1, 0.15) is 13.3 Å². The lowest BCUT2D eigenvalue weighted by atomic mass is 10.2. The normalized spacial score (nSPS) is 14.1. The predicted octanol–water partition coefficient (Wildman–Crippen LogP) is 1.86. The SMILES string of the molecule is CN(C)c1ccc(/C=c2/sc3n(c2=O)CN(c2ccccc2)CN=3)cc1. The maximum atomic E-state index is 12.8. The monoisotopic (exact) mass is 364 g/mol. The number of aromatic nitrogens is 1. The first-order chi connectivity index (χ1) is 12.6. The van der Waals surface area contributed by atoms with Crippen molar-refractivity contribution in [2.75, 3.05) is 30.6 Å². The van der Waals surface area contributed by atoms with Crippen molar-refractivity contribution in [2.45, 2.75) is 6.67 Å². The molecule has 0 spiro atoms. The predicted molar refractivity (Wildman–Crippen MR) is 107 cm³/mol. The second-order valence-electron chi connectivity index (χ2n) is 6.43. The Hall–Kier alpha value is -2.86. The van der Waals surface area contributed by atoms with Gasteiger partial charge in [-0.15, -0.1) is 0 Å². The van der Waals surface area contributed by atoms with Gasteiger partial charge >= 0.3 is 0 Å². The molecule has 0 N–H and O–H groups in total. The molecule has 0 aliphatic carbocycles. The zero-order chi connectivity index (χ0) is 18.1. The van der Waals surface area contributed by atoms with E-state index < -0.39 is 0 Å². The van der Waals surface area contributed by atoms with E-state index in [1.807, 2.05) is 62.6 Å². The number of hydrogen-bond acceptors (Lipinski definition) is 5. The van der Waals surface area contributed by atoms with Gasteiger partial charge in [0.2, 0.25) is 0 Å². The number of benzene rings is 2. The molecule has 6 heteroatoms. The molecular weight excluding hydrogens is 344 g/mol. The Morgan fingerprint density at radius 2 is 1.81 bits per heavy atom. The summed E-state index contributed by atoms with van der Waals surface area (Å²) >= 11 is 1.46. The van der Waals surface area contributed by atoms with Crippen LogP contribution in [0.5, 0.6) is 0 Å². The molecule has 26 heavy (non-hydrogen) atoms. The fraction of sp³-hybridized carbons (Fsp3) is 0.200. The molecule has 1 aromatic heterocycles. The molecule has 2 heterocycles. The number of thiazole rings is 1. The average Bonchev–Trinajstić information content (AvgIpc) is 2.98. The zero-order valence-corrected chi connectivity index (χ0v) is 15.6. The highest BCUT2D eigenvalue weighted by atomic mass is 32.1. The molecule has 132 valence electrons. The van der Waals surface area contributed by atoms with Crippen molar-refractivity contribution in [2.24, 2.45) is 4.99 Å². The second-order valence-corrected chi connectivity index (χ2v) is 7.44. The number of rotatable bonds is 3. The Morgan fingerprint density at radius 1 is 1.08 bits per heavy atom. The van der Waals surface area contributed by atoms with Crippen LogP contribution in [0.25, 0.3) is 6.08 Å². The van der Waals surface area contributed by atoms with Crippen LogP contribution >= 0.6 is 11.3 Å². The third kappa shape index (κ3) is 3.15. The van der Waals surface area contributed by atoms with Crippen LogP contribution in [0.15, 0.2) is 64.4 Å². The van der Waals surface area contributed by atoms with E-state index in [0.29, 0.717) is 13.3 Å². The minimum atomic E-state index is 0.0195. The molecule has 2 aromatic carbocycles. The van der Waals surface area contributed by atoms with E-state index in [9.17, 15) is 4.79 Å². The van der Waals surface area contributed by atoms with E-state index in [1.165, 1.54) is 11.3 Å². The fourth-order valence-corrected chi connectivity index (χ4v) is 3.90. The molecule has 3 aromatic rings. The molecule has 0 saturated carbocycles. The van der Waals surface area contributed by atoms with Gasteiger partial charge in [0.25, 0.3) is 5.56 Å². The summed E-state index contributed by atoms with van der Waals surface area (Å²) in [4.78, 5) is 22.3. The first-order valence-corrected chi connectivity index (χ1v) is 9.27. The van der Waals surface area contributed by atoms with Gasteiger partial charge in [0, 0.05) is 25.5 Å². The van der Waals surface area contributed by atoms with E-state index in [1.54, 1.807) is 4.57 Å². The van der Waals surface area contributed by atoms with E-state index >= 15 is 0 Å². The van der Waals surface area contributed by atoms with Gasteiger partial charge < -0.3 is 9.80 Å². The van der Waals surface area contributed by atoms with Gasteiger partial charge in [-0.1, -0.05) is 41.7 Å². The van der Waals surface area contributed by atoms with Crippen LogP contribution in [-0.2, 0) is 6.67 Å². The lowest BCUT2D eigenvalue weighted by molar-refractivity contribution is 0.569. The molecule has 1 aliphatic heterocycles. The molecule has 5 nitrogen and oxygen atoms in total.